The number of benzene rings is 1. The van der Waals surface area contributed by atoms with Gasteiger partial charge in [-0.25, -0.2) is 4.98 Å². The monoisotopic (exact) mass is 318 g/mol. The van der Waals surface area contributed by atoms with Gasteiger partial charge in [0.2, 0.25) is 5.88 Å². The molecule has 3 nitrogen and oxygen atoms in total. The van der Waals surface area contributed by atoms with Crippen molar-refractivity contribution in [2.24, 2.45) is 0 Å². The number of ether oxygens (including phenoxy) is 1. The molecule has 4 heteroatoms. The van der Waals surface area contributed by atoms with Crippen LogP contribution in [0, 0.1) is 0 Å². The number of rotatable bonds is 3. The van der Waals surface area contributed by atoms with E-state index in [2.05, 4.69) is 44.4 Å². The Kier molecular flexibility index (Phi) is 3.42. The van der Waals surface area contributed by atoms with E-state index in [-0.39, 0.29) is 0 Å². The summed E-state index contributed by atoms with van der Waals surface area (Å²) in [5.74, 6) is 0.644. The van der Waals surface area contributed by atoms with E-state index in [4.69, 9.17) is 4.74 Å². The van der Waals surface area contributed by atoms with Crippen LogP contribution in [0.2, 0.25) is 0 Å². The van der Waals surface area contributed by atoms with Gasteiger partial charge in [-0.2, -0.15) is 0 Å². The number of nitrogens with one attached hydrogen (secondary N) is 1. The van der Waals surface area contributed by atoms with E-state index in [9.17, 15) is 0 Å². The second-order valence-corrected chi connectivity index (χ2v) is 5.46. The Labute approximate surface area is 121 Å². The number of pyridine rings is 1. The summed E-state index contributed by atoms with van der Waals surface area (Å²) in [5.41, 5.74) is 3.71. The van der Waals surface area contributed by atoms with Crippen molar-refractivity contribution in [1.82, 2.24) is 4.98 Å². The molecule has 1 aromatic carbocycles. The summed E-state index contributed by atoms with van der Waals surface area (Å²) in [6.07, 6.45) is 3.93. The molecule has 98 valence electrons. The molecule has 0 bridgehead atoms. The van der Waals surface area contributed by atoms with Crippen LogP contribution in [0.25, 0.3) is 0 Å². The summed E-state index contributed by atoms with van der Waals surface area (Å²) in [5, 5.41) is 3.54. The largest absolute Gasteiger partial charge is 0.480 e. The molecule has 1 aliphatic carbocycles. The Morgan fingerprint density at radius 3 is 3.05 bits per heavy atom. The first-order valence-electron chi connectivity index (χ1n) is 6.32. The van der Waals surface area contributed by atoms with Crippen molar-refractivity contribution in [3.63, 3.8) is 0 Å². The van der Waals surface area contributed by atoms with Crippen LogP contribution in [0.4, 0.5) is 5.69 Å². The molecule has 0 saturated carbocycles. The third-order valence-corrected chi connectivity index (χ3v) is 4.25. The molecule has 1 N–H and O–H groups in total. The predicted octanol–water partition coefficient (Wildman–Crippen LogP) is 3.95. The molecule has 1 atom stereocenters. The standard InChI is InChI=1S/C15H15BrN2O/c1-19-15-14(6-3-9-17-15)18-13-8-7-10-11(13)4-2-5-12(10)16/h2-6,9,13,18H,7-8H2,1H3. The Morgan fingerprint density at radius 2 is 2.21 bits per heavy atom. The Hall–Kier alpha value is -1.55. The third kappa shape index (κ3) is 2.32. The second-order valence-electron chi connectivity index (χ2n) is 4.60. The van der Waals surface area contributed by atoms with Crippen LogP contribution in [-0.2, 0) is 6.42 Å². The summed E-state index contributed by atoms with van der Waals surface area (Å²) in [6, 6.07) is 10.6. The highest BCUT2D eigenvalue weighted by Crippen LogP contribution is 2.38. The lowest BCUT2D eigenvalue weighted by molar-refractivity contribution is 0.399. The van der Waals surface area contributed by atoms with E-state index in [1.54, 1.807) is 13.3 Å². The van der Waals surface area contributed by atoms with E-state index in [0.717, 1.165) is 18.5 Å². The van der Waals surface area contributed by atoms with Gasteiger partial charge in [0.05, 0.1) is 18.8 Å². The molecule has 3 rings (SSSR count). The minimum atomic E-state index is 0.325. The number of methoxy groups -OCH3 is 1. The normalized spacial score (nSPS) is 17.1. The molecule has 0 spiro atoms. The van der Waals surface area contributed by atoms with Crippen molar-refractivity contribution in [1.29, 1.82) is 0 Å². The lowest BCUT2D eigenvalue weighted by atomic mass is 10.1. The molecule has 1 heterocycles. The quantitative estimate of drug-likeness (QED) is 0.930. The highest BCUT2D eigenvalue weighted by atomic mass is 79.9. The predicted molar refractivity (Wildman–Crippen MR) is 79.6 cm³/mol. The Balaban J connectivity index is 1.89. The van der Waals surface area contributed by atoms with Crippen LogP contribution in [0.1, 0.15) is 23.6 Å². The zero-order chi connectivity index (χ0) is 13.2. The van der Waals surface area contributed by atoms with Crippen molar-refractivity contribution in [3.05, 3.63) is 52.1 Å². The van der Waals surface area contributed by atoms with Gasteiger partial charge in [0.15, 0.2) is 0 Å². The van der Waals surface area contributed by atoms with Crippen molar-refractivity contribution in [2.75, 3.05) is 12.4 Å². The average Bonchev–Trinajstić information content (AvgIpc) is 2.84. The van der Waals surface area contributed by atoms with E-state index < -0.39 is 0 Å². The van der Waals surface area contributed by atoms with Gasteiger partial charge in [0, 0.05) is 10.7 Å². The van der Waals surface area contributed by atoms with E-state index in [1.807, 2.05) is 12.1 Å². The van der Waals surface area contributed by atoms with Crippen LogP contribution in [0.3, 0.4) is 0 Å². The van der Waals surface area contributed by atoms with E-state index in [0.29, 0.717) is 11.9 Å². The lowest BCUT2D eigenvalue weighted by Crippen LogP contribution is -2.08. The number of fused-ring (bicyclic) bond motifs is 1. The number of anilines is 1. The maximum atomic E-state index is 5.28. The number of hydrogen-bond donors (Lipinski definition) is 1. The number of hydrogen-bond acceptors (Lipinski definition) is 3. The van der Waals surface area contributed by atoms with Crippen molar-refractivity contribution >= 4 is 21.6 Å². The number of nitrogens with zero attached hydrogens (tertiary/aromatic N) is 1. The molecule has 0 radical (unpaired) electrons. The molecule has 2 aromatic rings. The molecular formula is C15H15BrN2O. The van der Waals surface area contributed by atoms with Gasteiger partial charge in [0.25, 0.3) is 0 Å². The van der Waals surface area contributed by atoms with Crippen LogP contribution in [0.15, 0.2) is 41.0 Å². The zero-order valence-electron chi connectivity index (χ0n) is 10.7. The zero-order valence-corrected chi connectivity index (χ0v) is 12.3. The molecule has 1 unspecified atom stereocenters. The van der Waals surface area contributed by atoms with E-state index >= 15 is 0 Å². The van der Waals surface area contributed by atoms with Gasteiger partial charge < -0.3 is 10.1 Å². The Bertz CT molecular complexity index is 600. The maximum Gasteiger partial charge on any atom is 0.237 e. The highest BCUT2D eigenvalue weighted by molar-refractivity contribution is 9.10. The van der Waals surface area contributed by atoms with Gasteiger partial charge in [-0.3, -0.25) is 0 Å². The smallest absolute Gasteiger partial charge is 0.237 e. The van der Waals surface area contributed by atoms with Gasteiger partial charge in [-0.1, -0.05) is 28.1 Å². The summed E-state index contributed by atoms with van der Waals surface area (Å²) in [6.45, 7) is 0. The fraction of sp³-hybridized carbons (Fsp3) is 0.267. The first kappa shape index (κ1) is 12.5. The number of halogens is 1. The second kappa shape index (κ2) is 5.21. The highest BCUT2D eigenvalue weighted by Gasteiger charge is 2.24. The van der Waals surface area contributed by atoms with Crippen molar-refractivity contribution in [2.45, 2.75) is 18.9 Å². The topological polar surface area (TPSA) is 34.1 Å². The summed E-state index contributed by atoms with van der Waals surface area (Å²) < 4.78 is 6.49. The fourth-order valence-electron chi connectivity index (χ4n) is 2.61. The molecule has 0 amide bonds. The third-order valence-electron chi connectivity index (χ3n) is 3.51. The fourth-order valence-corrected chi connectivity index (χ4v) is 3.19. The van der Waals surface area contributed by atoms with Crippen LogP contribution in [0.5, 0.6) is 5.88 Å². The minimum Gasteiger partial charge on any atom is -0.480 e. The van der Waals surface area contributed by atoms with Crippen LogP contribution in [-0.4, -0.2) is 12.1 Å². The van der Waals surface area contributed by atoms with Crippen LogP contribution < -0.4 is 10.1 Å². The molecule has 0 saturated heterocycles. The van der Waals surface area contributed by atoms with E-state index in [1.165, 1.54) is 15.6 Å². The SMILES string of the molecule is COc1ncccc1NC1CCc2c(Br)cccc21. The first-order chi connectivity index (χ1) is 9.29. The summed E-state index contributed by atoms with van der Waals surface area (Å²) in [7, 11) is 1.65. The van der Waals surface area contributed by atoms with Crippen molar-refractivity contribution in [3.8, 4) is 5.88 Å². The molecule has 0 fully saturated rings. The lowest BCUT2D eigenvalue weighted by Gasteiger charge is -2.17. The number of aromatic nitrogens is 1. The molecule has 1 aliphatic rings. The van der Waals surface area contributed by atoms with Crippen molar-refractivity contribution < 1.29 is 4.74 Å². The Morgan fingerprint density at radius 1 is 1.32 bits per heavy atom. The maximum absolute atomic E-state index is 5.28. The molecule has 0 aliphatic heterocycles. The van der Waals surface area contributed by atoms with Gasteiger partial charge in [0.1, 0.15) is 0 Å². The molecule has 19 heavy (non-hydrogen) atoms. The molecule has 1 aromatic heterocycles. The van der Waals surface area contributed by atoms with Gasteiger partial charge in [-0.05, 0) is 42.2 Å². The van der Waals surface area contributed by atoms with Gasteiger partial charge >= 0.3 is 0 Å². The summed E-state index contributed by atoms with van der Waals surface area (Å²) in [4.78, 5) is 4.22. The average molecular weight is 319 g/mol. The van der Waals surface area contributed by atoms with Crippen LogP contribution >= 0.6 is 15.9 Å². The molecular weight excluding hydrogens is 304 g/mol. The first-order valence-corrected chi connectivity index (χ1v) is 7.11. The van der Waals surface area contributed by atoms with Gasteiger partial charge in [-0.15, -0.1) is 0 Å². The summed E-state index contributed by atoms with van der Waals surface area (Å²) >= 11 is 3.62. The minimum absolute atomic E-state index is 0.325.